The Kier molecular flexibility index (Phi) is 14.4. The number of hydrogen-bond acceptors (Lipinski definition) is 0. The molecule has 0 atom stereocenters. The minimum atomic E-state index is 1.09. The minimum absolute atomic E-state index is 1.09. The van der Waals surface area contributed by atoms with E-state index in [4.69, 9.17) is 0 Å². The Hall–Kier alpha value is -5.20. The first-order valence-corrected chi connectivity index (χ1v) is 18.6. The van der Waals surface area contributed by atoms with Gasteiger partial charge < -0.3 is 0 Å². The van der Waals surface area contributed by atoms with E-state index < -0.39 is 0 Å². The molecule has 0 nitrogen and oxygen atoms in total. The molecule has 0 aliphatic heterocycles. The molecule has 6 aromatic rings. The summed E-state index contributed by atoms with van der Waals surface area (Å²) in [6.07, 6.45) is 11.3. The van der Waals surface area contributed by atoms with Crippen molar-refractivity contribution < 1.29 is 0 Å². The molecule has 0 unspecified atom stereocenters. The van der Waals surface area contributed by atoms with E-state index in [2.05, 4.69) is 172 Å². The lowest BCUT2D eigenvalue weighted by Gasteiger charge is -2.20. The number of fused-ring (bicyclic) bond motifs is 4. The fraction of sp³-hybridized carbons (Fsp3) is 0.200. The van der Waals surface area contributed by atoms with Crippen LogP contribution in [-0.2, 0) is 6.42 Å². The minimum Gasteiger partial charge on any atom is -0.0870 e. The van der Waals surface area contributed by atoms with Crippen molar-refractivity contribution in [1.29, 1.82) is 0 Å². The Balaban J connectivity index is 0.000000890. The van der Waals surface area contributed by atoms with Gasteiger partial charge in [0.05, 0.1) is 0 Å². The molecule has 0 spiro atoms. The predicted molar refractivity (Wildman–Crippen MR) is 226 cm³/mol. The molecule has 1 aliphatic rings. The highest BCUT2D eigenvalue weighted by molar-refractivity contribution is 6.03. The zero-order chi connectivity index (χ0) is 35.9. The molecule has 0 amide bonds. The first-order valence-electron chi connectivity index (χ1n) is 18.6. The van der Waals surface area contributed by atoms with Crippen LogP contribution < -0.4 is 0 Å². The van der Waals surface area contributed by atoms with Crippen LogP contribution in [0, 0.1) is 6.92 Å². The molecule has 1 aliphatic carbocycles. The molecule has 0 heterocycles. The molecule has 0 saturated heterocycles. The molecule has 0 heteroatoms. The average Bonchev–Trinajstić information content (AvgIpc) is 3.20. The molecule has 0 bridgehead atoms. The van der Waals surface area contributed by atoms with Crippen molar-refractivity contribution in [2.24, 2.45) is 0 Å². The Morgan fingerprint density at radius 2 is 1.10 bits per heavy atom. The summed E-state index contributed by atoms with van der Waals surface area (Å²) in [5.74, 6) is 0. The zero-order valence-electron chi connectivity index (χ0n) is 31.4. The zero-order valence-corrected chi connectivity index (χ0v) is 31.4. The van der Waals surface area contributed by atoms with Crippen LogP contribution in [0.4, 0.5) is 0 Å². The second-order valence-corrected chi connectivity index (χ2v) is 11.6. The van der Waals surface area contributed by atoms with E-state index >= 15 is 0 Å². The van der Waals surface area contributed by atoms with Crippen LogP contribution in [0.3, 0.4) is 0 Å². The molecule has 50 heavy (non-hydrogen) atoms. The maximum atomic E-state index is 2.42. The summed E-state index contributed by atoms with van der Waals surface area (Å²) in [4.78, 5) is 0. The van der Waals surface area contributed by atoms with Gasteiger partial charge in [0.25, 0.3) is 0 Å². The molecular formula is C50H54. The van der Waals surface area contributed by atoms with Gasteiger partial charge >= 0.3 is 0 Å². The van der Waals surface area contributed by atoms with E-state index in [1.165, 1.54) is 77.2 Å². The van der Waals surface area contributed by atoms with Crippen molar-refractivity contribution in [3.8, 4) is 33.4 Å². The summed E-state index contributed by atoms with van der Waals surface area (Å²) in [5.41, 5.74) is 12.9. The predicted octanol–water partition coefficient (Wildman–Crippen LogP) is 15.5. The summed E-state index contributed by atoms with van der Waals surface area (Å²) < 4.78 is 0. The lowest BCUT2D eigenvalue weighted by Crippen LogP contribution is -2.01. The maximum Gasteiger partial charge on any atom is -0.00268 e. The van der Waals surface area contributed by atoms with Crippen LogP contribution in [0.5, 0.6) is 0 Å². The van der Waals surface area contributed by atoms with Crippen molar-refractivity contribution in [2.45, 2.75) is 68.2 Å². The number of rotatable bonds is 4. The smallest absolute Gasteiger partial charge is 0.00268 e. The van der Waals surface area contributed by atoms with Crippen LogP contribution in [-0.4, -0.2) is 0 Å². The van der Waals surface area contributed by atoms with Gasteiger partial charge in [0.1, 0.15) is 0 Å². The molecule has 7 rings (SSSR count). The van der Waals surface area contributed by atoms with E-state index in [0.717, 1.165) is 12.8 Å². The van der Waals surface area contributed by atoms with Crippen molar-refractivity contribution in [3.63, 3.8) is 0 Å². The fourth-order valence-electron chi connectivity index (χ4n) is 6.77. The van der Waals surface area contributed by atoms with E-state index in [1.54, 1.807) is 0 Å². The normalized spacial score (nSPS) is 11.3. The summed E-state index contributed by atoms with van der Waals surface area (Å²) in [5, 5.41) is 5.16. The first-order chi connectivity index (χ1) is 24.7. The Bertz CT molecular complexity index is 2110. The van der Waals surface area contributed by atoms with Gasteiger partial charge in [-0.15, -0.1) is 0 Å². The summed E-state index contributed by atoms with van der Waals surface area (Å²) in [6, 6.07) is 48.6. The first kappa shape index (κ1) is 37.6. The molecule has 6 aromatic carbocycles. The van der Waals surface area contributed by atoms with Gasteiger partial charge in [0.2, 0.25) is 0 Å². The summed E-state index contributed by atoms with van der Waals surface area (Å²) >= 11 is 0. The highest BCUT2D eigenvalue weighted by atomic mass is 14.2. The number of aryl methyl sites for hydroxylation is 1. The molecule has 0 N–H and O–H groups in total. The molecule has 0 fully saturated rings. The van der Waals surface area contributed by atoms with Crippen LogP contribution >= 0.6 is 0 Å². The van der Waals surface area contributed by atoms with Gasteiger partial charge in [-0.05, 0) is 110 Å². The summed E-state index contributed by atoms with van der Waals surface area (Å²) in [6.45, 7) is 16.4. The van der Waals surface area contributed by atoms with Crippen molar-refractivity contribution in [2.75, 3.05) is 0 Å². The van der Waals surface area contributed by atoms with Crippen molar-refractivity contribution in [1.82, 2.24) is 0 Å². The number of benzene rings is 5. The van der Waals surface area contributed by atoms with E-state index in [1.807, 2.05) is 41.5 Å². The van der Waals surface area contributed by atoms with Crippen LogP contribution in [0.15, 0.2) is 146 Å². The third kappa shape index (κ3) is 8.15. The molecule has 0 saturated carbocycles. The van der Waals surface area contributed by atoms with Gasteiger partial charge in [-0.3, -0.25) is 0 Å². The lowest BCUT2D eigenvalue weighted by atomic mass is 9.84. The van der Waals surface area contributed by atoms with Crippen LogP contribution in [0.1, 0.15) is 77.1 Å². The third-order valence-electron chi connectivity index (χ3n) is 8.91. The molecule has 0 aromatic heterocycles. The Morgan fingerprint density at radius 3 is 1.80 bits per heavy atom. The van der Waals surface area contributed by atoms with E-state index in [9.17, 15) is 0 Å². The van der Waals surface area contributed by atoms with Crippen LogP contribution in [0.2, 0.25) is 0 Å². The number of allylic oxidation sites excluding steroid dienone is 2. The highest BCUT2D eigenvalue weighted by Gasteiger charge is 2.17. The van der Waals surface area contributed by atoms with E-state index in [0.29, 0.717) is 0 Å². The quantitative estimate of drug-likeness (QED) is 0.177. The third-order valence-corrected chi connectivity index (χ3v) is 8.91. The van der Waals surface area contributed by atoms with Gasteiger partial charge in [0.15, 0.2) is 0 Å². The molecular weight excluding hydrogens is 601 g/mol. The van der Waals surface area contributed by atoms with E-state index in [-0.39, 0.29) is 0 Å². The van der Waals surface area contributed by atoms with Crippen LogP contribution in [0.25, 0.3) is 67.1 Å². The lowest BCUT2D eigenvalue weighted by molar-refractivity contribution is 0.992. The molecule has 0 radical (unpaired) electrons. The van der Waals surface area contributed by atoms with Gasteiger partial charge in [0, 0.05) is 0 Å². The second-order valence-electron chi connectivity index (χ2n) is 11.6. The van der Waals surface area contributed by atoms with Crippen molar-refractivity contribution >= 4 is 33.7 Å². The van der Waals surface area contributed by atoms with Gasteiger partial charge in [-0.2, -0.15) is 0 Å². The molecule has 254 valence electrons. The maximum absolute atomic E-state index is 2.42. The summed E-state index contributed by atoms with van der Waals surface area (Å²) in [7, 11) is 0. The Labute approximate surface area is 302 Å². The number of hydrogen-bond donors (Lipinski definition) is 0. The largest absolute Gasteiger partial charge is 0.0870 e. The monoisotopic (exact) mass is 654 g/mol. The fourth-order valence-corrected chi connectivity index (χ4v) is 6.77. The van der Waals surface area contributed by atoms with Gasteiger partial charge in [-0.25, -0.2) is 0 Å². The topological polar surface area (TPSA) is 0 Å². The Morgan fingerprint density at radius 1 is 0.520 bits per heavy atom. The van der Waals surface area contributed by atoms with Gasteiger partial charge in [-0.1, -0.05) is 193 Å². The second kappa shape index (κ2) is 19.1. The standard InChI is InChI=1S/C44H36.3C2H6/c1-3-15-37-31(2)38-20-13-14-23-41(38)43-30-36(28-29-42(37)43)32-24-26-35(27-25-32)44-39(33-17-8-6-9-18-33)21-10-5-4-7-16-34-19-11-12-22-40(34)44;3*1-2/h3-13,15-22,24-30H,14,23H2,1-2H3;3*1-2H3/b5-4?,7-4?,10-5?,15-3-,16-7?,21-10?,34-16?,39-21?,44-39?,44-40?;;;. The van der Waals surface area contributed by atoms with Crippen molar-refractivity contribution in [3.05, 3.63) is 168 Å². The average molecular weight is 655 g/mol. The SMILES string of the molecule is C/C=C\c1c(C)c2c(c3cc(-c4ccc(-c5c(-c6ccccc6)ccccccc6ccccc56)cc4)ccc13)CCC=C2.CC.CC.CC. The highest BCUT2D eigenvalue weighted by Crippen LogP contribution is 2.39.